The third-order valence-corrected chi connectivity index (χ3v) is 5.48. The molecule has 4 heterocycles. The summed E-state index contributed by atoms with van der Waals surface area (Å²) < 4.78 is 7.68. The zero-order valence-corrected chi connectivity index (χ0v) is 15.6. The Morgan fingerprint density at radius 1 is 1.38 bits per heavy atom. The second-order valence-corrected chi connectivity index (χ2v) is 7.28. The van der Waals surface area contributed by atoms with Gasteiger partial charge in [-0.1, -0.05) is 0 Å². The van der Waals surface area contributed by atoms with Crippen molar-refractivity contribution in [2.75, 3.05) is 6.54 Å². The quantitative estimate of drug-likeness (QED) is 0.684. The normalized spacial score (nSPS) is 17.2. The van der Waals surface area contributed by atoms with Crippen LogP contribution in [-0.4, -0.2) is 42.3 Å². The van der Waals surface area contributed by atoms with E-state index >= 15 is 0 Å². The van der Waals surface area contributed by atoms with Crippen molar-refractivity contribution in [1.29, 1.82) is 0 Å². The lowest BCUT2D eigenvalue weighted by Gasteiger charge is -2.22. The maximum absolute atomic E-state index is 12.7. The fraction of sp³-hybridized carbons (Fsp3) is 0.471. The van der Waals surface area contributed by atoms with E-state index in [4.69, 9.17) is 4.42 Å². The molecule has 1 aliphatic rings. The average molecular weight is 372 g/mol. The predicted molar refractivity (Wildman–Crippen MR) is 95.4 cm³/mol. The topological polar surface area (TPSA) is 89.9 Å². The molecule has 3 aromatic rings. The molecule has 0 bridgehead atoms. The number of aryl methyl sites for hydroxylation is 3. The van der Waals surface area contributed by atoms with Crippen LogP contribution in [0.3, 0.4) is 0 Å². The summed E-state index contributed by atoms with van der Waals surface area (Å²) in [5.41, 5.74) is 3.59. The van der Waals surface area contributed by atoms with E-state index in [2.05, 4.69) is 20.3 Å². The van der Waals surface area contributed by atoms with E-state index in [1.807, 2.05) is 31.0 Å². The zero-order chi connectivity index (χ0) is 18.1. The Morgan fingerprint density at radius 2 is 2.27 bits per heavy atom. The Labute approximate surface area is 154 Å². The molecule has 8 nitrogen and oxygen atoms in total. The average Bonchev–Trinajstić information content (AvgIpc) is 3.39. The largest absolute Gasteiger partial charge is 0.418 e. The van der Waals surface area contributed by atoms with Gasteiger partial charge in [0.1, 0.15) is 10.9 Å². The second-order valence-electron chi connectivity index (χ2n) is 6.43. The summed E-state index contributed by atoms with van der Waals surface area (Å²) in [6.45, 7) is 5.15. The van der Waals surface area contributed by atoms with Crippen LogP contribution in [0.15, 0.2) is 22.2 Å². The molecule has 3 aromatic heterocycles. The Kier molecular flexibility index (Phi) is 4.54. The van der Waals surface area contributed by atoms with Crippen molar-refractivity contribution >= 4 is 17.2 Å². The van der Waals surface area contributed by atoms with Gasteiger partial charge in [0.05, 0.1) is 16.9 Å². The third kappa shape index (κ3) is 3.26. The molecule has 0 radical (unpaired) electrons. The predicted octanol–water partition coefficient (Wildman–Crippen LogP) is 2.76. The summed E-state index contributed by atoms with van der Waals surface area (Å²) in [4.78, 5) is 19.6. The standard InChI is InChI=1S/C17H20N6O2S/c1-11-5-8-22(21-11)9-6-14(24)23-7-3-4-13(23)16-19-20-17(25-16)15-12(2)18-10-26-15/h5,8,10,13H,3-4,6-7,9H2,1-2H3/t13-/m1/s1. The van der Waals surface area contributed by atoms with Crippen LogP contribution < -0.4 is 0 Å². The lowest BCUT2D eigenvalue weighted by Crippen LogP contribution is -2.31. The number of amides is 1. The van der Waals surface area contributed by atoms with Crippen LogP contribution in [0, 0.1) is 13.8 Å². The molecule has 1 saturated heterocycles. The smallest absolute Gasteiger partial charge is 0.259 e. The maximum atomic E-state index is 12.7. The van der Waals surface area contributed by atoms with Crippen molar-refractivity contribution in [3.63, 3.8) is 0 Å². The monoisotopic (exact) mass is 372 g/mol. The molecule has 0 aliphatic carbocycles. The minimum Gasteiger partial charge on any atom is -0.418 e. The number of aromatic nitrogens is 5. The van der Waals surface area contributed by atoms with Gasteiger partial charge in [0, 0.05) is 25.7 Å². The van der Waals surface area contributed by atoms with Crippen LogP contribution >= 0.6 is 11.3 Å². The minimum absolute atomic E-state index is 0.0920. The third-order valence-electron chi connectivity index (χ3n) is 4.57. The summed E-state index contributed by atoms with van der Waals surface area (Å²) in [5, 5.41) is 12.7. The summed E-state index contributed by atoms with van der Waals surface area (Å²) in [7, 11) is 0. The van der Waals surface area contributed by atoms with E-state index in [-0.39, 0.29) is 11.9 Å². The van der Waals surface area contributed by atoms with E-state index in [0.29, 0.717) is 24.7 Å². The number of likely N-dealkylation sites (tertiary alicyclic amines) is 1. The number of hydrogen-bond acceptors (Lipinski definition) is 7. The molecule has 1 fully saturated rings. The second kappa shape index (κ2) is 6.99. The first-order valence-corrected chi connectivity index (χ1v) is 9.53. The van der Waals surface area contributed by atoms with Crippen molar-refractivity contribution in [2.24, 2.45) is 0 Å². The van der Waals surface area contributed by atoms with Crippen LogP contribution in [0.25, 0.3) is 10.8 Å². The molecular formula is C17H20N6O2S. The van der Waals surface area contributed by atoms with Crippen LogP contribution in [-0.2, 0) is 11.3 Å². The lowest BCUT2D eigenvalue weighted by atomic mass is 10.2. The number of carbonyl (C=O) groups excluding carboxylic acids is 1. The van der Waals surface area contributed by atoms with Gasteiger partial charge in [-0.15, -0.1) is 21.5 Å². The van der Waals surface area contributed by atoms with E-state index in [0.717, 1.165) is 35.7 Å². The van der Waals surface area contributed by atoms with Crippen LogP contribution in [0.2, 0.25) is 0 Å². The van der Waals surface area contributed by atoms with E-state index < -0.39 is 0 Å². The number of carbonyl (C=O) groups is 1. The molecule has 0 spiro atoms. The van der Waals surface area contributed by atoms with Gasteiger partial charge < -0.3 is 9.32 Å². The molecule has 4 rings (SSSR count). The lowest BCUT2D eigenvalue weighted by molar-refractivity contribution is -0.132. The van der Waals surface area contributed by atoms with Gasteiger partial charge in [0.25, 0.3) is 5.89 Å². The first-order chi connectivity index (χ1) is 12.6. The van der Waals surface area contributed by atoms with Crippen molar-refractivity contribution in [1.82, 2.24) is 29.9 Å². The highest BCUT2D eigenvalue weighted by molar-refractivity contribution is 7.13. The van der Waals surface area contributed by atoms with E-state index in [9.17, 15) is 4.79 Å². The molecule has 1 atom stereocenters. The molecule has 9 heteroatoms. The maximum Gasteiger partial charge on any atom is 0.259 e. The van der Waals surface area contributed by atoms with Gasteiger partial charge in [0.15, 0.2) is 0 Å². The Bertz CT molecular complexity index is 914. The molecule has 0 N–H and O–H groups in total. The van der Waals surface area contributed by atoms with E-state index in [1.165, 1.54) is 11.3 Å². The molecule has 0 unspecified atom stereocenters. The summed E-state index contributed by atoms with van der Waals surface area (Å²) >= 11 is 1.48. The fourth-order valence-electron chi connectivity index (χ4n) is 3.23. The Hall–Kier alpha value is -2.55. The summed E-state index contributed by atoms with van der Waals surface area (Å²) in [6.07, 6.45) is 4.09. The summed E-state index contributed by atoms with van der Waals surface area (Å²) in [6, 6.07) is 1.79. The fourth-order valence-corrected chi connectivity index (χ4v) is 3.95. The van der Waals surface area contributed by atoms with Crippen molar-refractivity contribution in [2.45, 2.75) is 45.7 Å². The van der Waals surface area contributed by atoms with Crippen molar-refractivity contribution in [3.8, 4) is 10.8 Å². The van der Waals surface area contributed by atoms with Gasteiger partial charge in [-0.05, 0) is 32.8 Å². The van der Waals surface area contributed by atoms with Gasteiger partial charge in [0.2, 0.25) is 11.8 Å². The summed E-state index contributed by atoms with van der Waals surface area (Å²) in [5.74, 6) is 1.08. The highest BCUT2D eigenvalue weighted by Gasteiger charge is 2.34. The van der Waals surface area contributed by atoms with Crippen molar-refractivity contribution in [3.05, 3.63) is 35.1 Å². The number of thiazole rings is 1. The molecule has 136 valence electrons. The molecule has 0 aromatic carbocycles. The highest BCUT2D eigenvalue weighted by atomic mass is 32.1. The van der Waals surface area contributed by atoms with Crippen LogP contribution in [0.1, 0.15) is 42.6 Å². The Balaban J connectivity index is 1.45. The van der Waals surface area contributed by atoms with Crippen molar-refractivity contribution < 1.29 is 9.21 Å². The Morgan fingerprint density at radius 3 is 3.00 bits per heavy atom. The van der Waals surface area contributed by atoms with Gasteiger partial charge in [-0.3, -0.25) is 9.48 Å². The van der Waals surface area contributed by atoms with Crippen LogP contribution in [0.5, 0.6) is 0 Å². The number of nitrogens with zero attached hydrogens (tertiary/aromatic N) is 6. The molecule has 26 heavy (non-hydrogen) atoms. The molecule has 0 saturated carbocycles. The van der Waals surface area contributed by atoms with E-state index in [1.54, 1.807) is 10.2 Å². The molecule has 1 amide bonds. The SMILES string of the molecule is Cc1ccn(CCC(=O)N2CCC[C@@H]2c2nnc(-c3scnc3C)o2)n1. The zero-order valence-electron chi connectivity index (χ0n) is 14.8. The van der Waals surface area contributed by atoms with Gasteiger partial charge >= 0.3 is 0 Å². The number of hydrogen-bond donors (Lipinski definition) is 0. The molecule has 1 aliphatic heterocycles. The van der Waals surface area contributed by atoms with Gasteiger partial charge in [-0.2, -0.15) is 5.10 Å². The number of rotatable bonds is 5. The minimum atomic E-state index is -0.142. The first-order valence-electron chi connectivity index (χ1n) is 8.65. The molecular weight excluding hydrogens is 352 g/mol. The van der Waals surface area contributed by atoms with Gasteiger partial charge in [-0.25, -0.2) is 4.98 Å². The van der Waals surface area contributed by atoms with Crippen LogP contribution in [0.4, 0.5) is 0 Å². The first kappa shape index (κ1) is 16.9. The highest BCUT2D eigenvalue weighted by Crippen LogP contribution is 2.34.